The smallest absolute Gasteiger partial charge is 0.166 e. The minimum Gasteiger partial charge on any atom is -0.394 e. The number of carbonyl (C=O) groups is 1. The fourth-order valence-corrected chi connectivity index (χ4v) is 4.35. The van der Waals surface area contributed by atoms with Gasteiger partial charge in [-0.15, -0.1) is 0 Å². The summed E-state index contributed by atoms with van der Waals surface area (Å²) in [5, 5.41) is 26.3. The van der Waals surface area contributed by atoms with E-state index in [-0.39, 0.29) is 12.0 Å². The van der Waals surface area contributed by atoms with E-state index >= 15 is 0 Å². The van der Waals surface area contributed by atoms with Gasteiger partial charge in [-0.25, -0.2) is 0 Å². The zero-order valence-corrected chi connectivity index (χ0v) is 20.8. The van der Waals surface area contributed by atoms with Gasteiger partial charge < -0.3 is 25.4 Å². The second-order valence-electron chi connectivity index (χ2n) is 9.13. The van der Waals surface area contributed by atoms with Crippen molar-refractivity contribution < 1.29 is 15.0 Å². The Labute approximate surface area is 206 Å². The van der Waals surface area contributed by atoms with Crippen LogP contribution in [-0.4, -0.2) is 47.4 Å². The number of hydrogen-bond acceptors (Lipinski definition) is 5. The van der Waals surface area contributed by atoms with Gasteiger partial charge in [-0.3, -0.25) is 4.79 Å². The number of halogens is 1. The molecule has 0 saturated heterocycles. The molecular formula is C27H34ClN3O3. The lowest BCUT2D eigenvalue weighted by Gasteiger charge is -2.27. The number of hydrogen-bond donors (Lipinski definition) is 4. The zero-order valence-electron chi connectivity index (χ0n) is 20.0. The molecule has 1 aromatic heterocycles. The Hall–Kier alpha value is -2.80. The molecule has 182 valence electrons. The molecule has 0 saturated carbocycles. The number of aromatic nitrogens is 1. The Morgan fingerprint density at radius 1 is 1.09 bits per heavy atom. The Kier molecular flexibility index (Phi) is 8.78. The van der Waals surface area contributed by atoms with Crippen molar-refractivity contribution in [3.63, 3.8) is 0 Å². The molecule has 4 N–H and O–H groups in total. The highest BCUT2D eigenvalue weighted by atomic mass is 35.5. The number of nitrogens with zero attached hydrogens (tertiary/aromatic N) is 1. The lowest BCUT2D eigenvalue weighted by atomic mass is 9.78. The van der Waals surface area contributed by atoms with Crippen LogP contribution in [0.3, 0.4) is 0 Å². The SMILES string of the molecule is CNc1ccc(NCCC(C)(C)c2c(-c3ccc(Cl)cc3)cn(CC[C@H](O)CO)c2C=O)cc1. The largest absolute Gasteiger partial charge is 0.394 e. The van der Waals surface area contributed by atoms with E-state index < -0.39 is 6.10 Å². The van der Waals surface area contributed by atoms with Crippen molar-refractivity contribution in [2.24, 2.45) is 0 Å². The summed E-state index contributed by atoms with van der Waals surface area (Å²) in [7, 11) is 1.89. The van der Waals surface area contributed by atoms with Gasteiger partial charge in [0.15, 0.2) is 6.29 Å². The molecule has 3 rings (SSSR count). The normalized spacial score (nSPS) is 12.4. The molecular weight excluding hydrogens is 450 g/mol. The molecule has 6 nitrogen and oxygen atoms in total. The van der Waals surface area contributed by atoms with Crippen LogP contribution in [0.4, 0.5) is 11.4 Å². The second-order valence-corrected chi connectivity index (χ2v) is 9.57. The van der Waals surface area contributed by atoms with Crippen LogP contribution in [0, 0.1) is 0 Å². The molecule has 0 bridgehead atoms. The molecule has 0 radical (unpaired) electrons. The molecule has 34 heavy (non-hydrogen) atoms. The van der Waals surface area contributed by atoms with Gasteiger partial charge >= 0.3 is 0 Å². The van der Waals surface area contributed by atoms with E-state index in [1.165, 1.54) is 0 Å². The zero-order chi connectivity index (χ0) is 24.7. The number of anilines is 2. The second kappa shape index (κ2) is 11.6. The third kappa shape index (κ3) is 6.20. The Bertz CT molecular complexity index is 1080. The van der Waals surface area contributed by atoms with Crippen molar-refractivity contribution >= 4 is 29.3 Å². The van der Waals surface area contributed by atoms with Gasteiger partial charge in [0.2, 0.25) is 0 Å². The minimum absolute atomic E-state index is 0.305. The lowest BCUT2D eigenvalue weighted by Crippen LogP contribution is -2.24. The molecule has 0 fully saturated rings. The fraction of sp³-hybridized carbons (Fsp3) is 0.370. The highest BCUT2D eigenvalue weighted by Gasteiger charge is 2.30. The molecule has 2 aromatic carbocycles. The quantitative estimate of drug-likeness (QED) is 0.266. The van der Waals surface area contributed by atoms with Gasteiger partial charge in [0.25, 0.3) is 0 Å². The Morgan fingerprint density at radius 2 is 1.74 bits per heavy atom. The van der Waals surface area contributed by atoms with Crippen LogP contribution in [0.15, 0.2) is 54.7 Å². The van der Waals surface area contributed by atoms with Crippen molar-refractivity contribution in [3.05, 3.63) is 71.0 Å². The number of aldehydes is 1. The number of benzene rings is 2. The first-order valence-corrected chi connectivity index (χ1v) is 11.9. The van der Waals surface area contributed by atoms with Crippen molar-refractivity contribution in [2.45, 2.75) is 44.8 Å². The maximum absolute atomic E-state index is 12.3. The number of rotatable bonds is 12. The first kappa shape index (κ1) is 25.8. The summed E-state index contributed by atoms with van der Waals surface area (Å²) >= 11 is 6.11. The molecule has 0 aliphatic heterocycles. The van der Waals surface area contributed by atoms with Gasteiger partial charge in [0, 0.05) is 48.3 Å². The van der Waals surface area contributed by atoms with Crippen LogP contribution < -0.4 is 10.6 Å². The number of aliphatic hydroxyl groups excluding tert-OH is 2. The average molecular weight is 484 g/mol. The van der Waals surface area contributed by atoms with Crippen LogP contribution in [0.25, 0.3) is 11.1 Å². The third-order valence-corrected chi connectivity index (χ3v) is 6.48. The standard InChI is InChI=1S/C27H34ClN3O3/c1-27(2,13-14-30-22-10-8-21(29-3)9-11-22)26-24(19-4-6-20(28)7-5-19)16-31(25(26)18-33)15-12-23(34)17-32/h4-11,16,18,23,29-30,32,34H,12-15,17H2,1-3H3/t23-/m0/s1. The third-order valence-electron chi connectivity index (χ3n) is 6.23. The fourth-order valence-electron chi connectivity index (χ4n) is 4.22. The number of aliphatic hydroxyl groups is 2. The predicted octanol–water partition coefficient (Wildman–Crippen LogP) is 5.19. The number of carbonyl (C=O) groups excluding carboxylic acids is 1. The maximum Gasteiger partial charge on any atom is 0.166 e. The van der Waals surface area contributed by atoms with Crippen molar-refractivity contribution in [1.29, 1.82) is 0 Å². The highest BCUT2D eigenvalue weighted by molar-refractivity contribution is 6.30. The first-order valence-electron chi connectivity index (χ1n) is 11.5. The molecule has 0 spiro atoms. The topological polar surface area (TPSA) is 86.5 Å². The summed E-state index contributed by atoms with van der Waals surface area (Å²) in [6, 6.07) is 15.7. The van der Waals surface area contributed by atoms with E-state index in [1.54, 1.807) is 0 Å². The molecule has 1 atom stereocenters. The van der Waals surface area contributed by atoms with E-state index in [2.05, 4.69) is 24.5 Å². The summed E-state index contributed by atoms with van der Waals surface area (Å²) in [5.74, 6) is 0. The van der Waals surface area contributed by atoms with Crippen molar-refractivity contribution in [3.8, 4) is 11.1 Å². The van der Waals surface area contributed by atoms with Gasteiger partial charge in [-0.1, -0.05) is 37.6 Å². The predicted molar refractivity (Wildman–Crippen MR) is 140 cm³/mol. The Morgan fingerprint density at radius 3 is 2.32 bits per heavy atom. The first-order chi connectivity index (χ1) is 16.3. The van der Waals surface area contributed by atoms with Crippen LogP contribution in [0.2, 0.25) is 5.02 Å². The van der Waals surface area contributed by atoms with Crippen molar-refractivity contribution in [1.82, 2.24) is 4.57 Å². The molecule has 0 aliphatic carbocycles. The lowest BCUT2D eigenvalue weighted by molar-refractivity contribution is 0.0842. The molecule has 0 aliphatic rings. The van der Waals surface area contributed by atoms with Crippen LogP contribution in [-0.2, 0) is 12.0 Å². The molecule has 3 aromatic rings. The maximum atomic E-state index is 12.3. The monoisotopic (exact) mass is 483 g/mol. The molecule has 0 amide bonds. The van der Waals surface area contributed by atoms with E-state index in [9.17, 15) is 15.0 Å². The van der Waals surface area contributed by atoms with Crippen molar-refractivity contribution in [2.75, 3.05) is 30.8 Å². The van der Waals surface area contributed by atoms with Crippen LogP contribution >= 0.6 is 11.6 Å². The summed E-state index contributed by atoms with van der Waals surface area (Å²) in [4.78, 5) is 12.3. The summed E-state index contributed by atoms with van der Waals surface area (Å²) < 4.78 is 1.89. The highest BCUT2D eigenvalue weighted by Crippen LogP contribution is 2.39. The average Bonchev–Trinajstić information content (AvgIpc) is 3.22. The summed E-state index contributed by atoms with van der Waals surface area (Å²) in [5.41, 5.74) is 5.30. The van der Waals surface area contributed by atoms with E-state index in [0.717, 1.165) is 47.3 Å². The van der Waals surface area contributed by atoms with Gasteiger partial charge in [-0.05, 0) is 65.8 Å². The molecule has 1 heterocycles. The molecule has 7 heteroatoms. The van der Waals surface area contributed by atoms with E-state index in [0.29, 0.717) is 23.7 Å². The minimum atomic E-state index is -0.823. The van der Waals surface area contributed by atoms with Gasteiger partial charge in [0.1, 0.15) is 0 Å². The van der Waals surface area contributed by atoms with Crippen LogP contribution in [0.5, 0.6) is 0 Å². The Balaban J connectivity index is 1.90. The number of nitrogens with one attached hydrogen (secondary N) is 2. The molecule has 0 unspecified atom stereocenters. The van der Waals surface area contributed by atoms with Crippen LogP contribution in [0.1, 0.15) is 42.7 Å². The summed E-state index contributed by atoms with van der Waals surface area (Å²) in [6.07, 6.45) is 3.20. The van der Waals surface area contributed by atoms with Gasteiger partial charge in [-0.2, -0.15) is 0 Å². The van der Waals surface area contributed by atoms with Gasteiger partial charge in [0.05, 0.1) is 18.4 Å². The number of aryl methyl sites for hydroxylation is 1. The summed E-state index contributed by atoms with van der Waals surface area (Å²) in [6.45, 7) is 5.16. The van der Waals surface area contributed by atoms with E-state index in [4.69, 9.17) is 11.6 Å². The van der Waals surface area contributed by atoms with E-state index in [1.807, 2.05) is 66.3 Å².